The number of pyridine rings is 1. The Balaban J connectivity index is 1.83. The van der Waals surface area contributed by atoms with Gasteiger partial charge in [-0.2, -0.15) is 5.26 Å². The van der Waals surface area contributed by atoms with Crippen LogP contribution in [0.4, 0.5) is 0 Å². The van der Waals surface area contributed by atoms with Crippen LogP contribution in [-0.2, 0) is 5.41 Å². The zero-order valence-corrected chi connectivity index (χ0v) is 16.2. The molecule has 0 radical (unpaired) electrons. The van der Waals surface area contributed by atoms with Gasteiger partial charge in [0.15, 0.2) is 0 Å². The molecule has 3 rings (SSSR count). The van der Waals surface area contributed by atoms with Gasteiger partial charge in [0, 0.05) is 23.6 Å². The lowest BCUT2D eigenvalue weighted by Crippen LogP contribution is -2.37. The summed E-state index contributed by atoms with van der Waals surface area (Å²) in [5.41, 5.74) is 2.72. The SMILES string of the molecule is CSc1nc(C2CC2)cc(C(=O)NCC(C)(C)c2ccccc2)c1C#N. The van der Waals surface area contributed by atoms with Gasteiger partial charge in [-0.05, 0) is 30.7 Å². The van der Waals surface area contributed by atoms with Crippen LogP contribution in [0.5, 0.6) is 0 Å². The summed E-state index contributed by atoms with van der Waals surface area (Å²) < 4.78 is 0. The van der Waals surface area contributed by atoms with Crippen LogP contribution in [0.2, 0.25) is 0 Å². The molecular formula is C21H23N3OS. The number of nitrogens with zero attached hydrogens (tertiary/aromatic N) is 2. The summed E-state index contributed by atoms with van der Waals surface area (Å²) in [6, 6.07) is 14.1. The highest BCUT2D eigenvalue weighted by molar-refractivity contribution is 7.98. The van der Waals surface area contributed by atoms with E-state index in [0.717, 1.165) is 18.5 Å². The summed E-state index contributed by atoms with van der Waals surface area (Å²) in [5, 5.41) is 13.2. The summed E-state index contributed by atoms with van der Waals surface area (Å²) in [5.74, 6) is 0.228. The molecule has 5 heteroatoms. The van der Waals surface area contributed by atoms with Crippen LogP contribution < -0.4 is 5.32 Å². The average Bonchev–Trinajstić information content (AvgIpc) is 3.51. The van der Waals surface area contributed by atoms with E-state index in [2.05, 4.69) is 42.4 Å². The van der Waals surface area contributed by atoms with Crippen molar-refractivity contribution >= 4 is 17.7 Å². The van der Waals surface area contributed by atoms with E-state index >= 15 is 0 Å². The molecule has 0 bridgehead atoms. The average molecular weight is 366 g/mol. The van der Waals surface area contributed by atoms with Crippen molar-refractivity contribution in [1.82, 2.24) is 10.3 Å². The number of nitrogens with one attached hydrogen (secondary N) is 1. The van der Waals surface area contributed by atoms with E-state index in [9.17, 15) is 10.1 Å². The van der Waals surface area contributed by atoms with E-state index < -0.39 is 0 Å². The van der Waals surface area contributed by atoms with Crippen molar-refractivity contribution in [2.45, 2.75) is 43.0 Å². The topological polar surface area (TPSA) is 65.8 Å². The zero-order chi connectivity index (χ0) is 18.7. The van der Waals surface area contributed by atoms with Gasteiger partial charge in [-0.3, -0.25) is 4.79 Å². The molecule has 1 fully saturated rings. The number of rotatable bonds is 6. The predicted octanol–water partition coefficient (Wildman–Crippen LogP) is 4.26. The molecule has 0 atom stereocenters. The highest BCUT2D eigenvalue weighted by atomic mass is 32.2. The van der Waals surface area contributed by atoms with Crippen molar-refractivity contribution in [1.29, 1.82) is 5.26 Å². The van der Waals surface area contributed by atoms with Crippen LogP contribution in [0.3, 0.4) is 0 Å². The van der Waals surface area contributed by atoms with Crippen molar-refractivity contribution < 1.29 is 4.79 Å². The monoisotopic (exact) mass is 365 g/mol. The van der Waals surface area contributed by atoms with Gasteiger partial charge < -0.3 is 5.32 Å². The molecule has 1 amide bonds. The van der Waals surface area contributed by atoms with Gasteiger partial charge in [0.05, 0.1) is 11.1 Å². The number of amides is 1. The van der Waals surface area contributed by atoms with Crippen molar-refractivity contribution in [2.24, 2.45) is 0 Å². The van der Waals surface area contributed by atoms with Crippen molar-refractivity contribution in [3.63, 3.8) is 0 Å². The minimum atomic E-state index is -0.204. The molecule has 134 valence electrons. The van der Waals surface area contributed by atoms with E-state index in [0.29, 0.717) is 28.6 Å². The number of carbonyl (C=O) groups is 1. The number of hydrogen-bond acceptors (Lipinski definition) is 4. The summed E-state index contributed by atoms with van der Waals surface area (Å²) in [7, 11) is 0. The van der Waals surface area contributed by atoms with Crippen molar-refractivity contribution in [3.05, 3.63) is 58.8 Å². The van der Waals surface area contributed by atoms with Gasteiger partial charge >= 0.3 is 0 Å². The van der Waals surface area contributed by atoms with Crippen LogP contribution in [0.25, 0.3) is 0 Å². The lowest BCUT2D eigenvalue weighted by molar-refractivity contribution is 0.0945. The Bertz CT molecular complexity index is 852. The summed E-state index contributed by atoms with van der Waals surface area (Å²) in [4.78, 5) is 17.5. The Morgan fingerprint density at radius 1 is 1.35 bits per heavy atom. The van der Waals surface area contributed by atoms with E-state index in [-0.39, 0.29) is 11.3 Å². The Hall–Kier alpha value is -2.32. The van der Waals surface area contributed by atoms with E-state index in [4.69, 9.17) is 0 Å². The number of hydrogen-bond donors (Lipinski definition) is 1. The van der Waals surface area contributed by atoms with Crippen molar-refractivity contribution in [2.75, 3.05) is 12.8 Å². The molecule has 1 heterocycles. The molecule has 1 aromatic carbocycles. The Kier molecular flexibility index (Phi) is 5.33. The Morgan fingerprint density at radius 2 is 2.04 bits per heavy atom. The lowest BCUT2D eigenvalue weighted by Gasteiger charge is -2.26. The third-order valence-corrected chi connectivity index (χ3v) is 5.48. The van der Waals surface area contributed by atoms with Crippen molar-refractivity contribution in [3.8, 4) is 6.07 Å². The lowest BCUT2D eigenvalue weighted by atomic mass is 9.84. The van der Waals surface area contributed by atoms with Crippen LogP contribution in [-0.4, -0.2) is 23.7 Å². The number of thioether (sulfide) groups is 1. The molecule has 0 saturated heterocycles. The highest BCUT2D eigenvalue weighted by Gasteiger charge is 2.29. The van der Waals surface area contributed by atoms with E-state index in [1.54, 1.807) is 6.07 Å². The molecule has 2 aromatic rings. The molecule has 1 aromatic heterocycles. The first kappa shape index (κ1) is 18.5. The number of aromatic nitrogens is 1. The van der Waals surface area contributed by atoms with Gasteiger partial charge in [0.25, 0.3) is 5.91 Å². The summed E-state index contributed by atoms with van der Waals surface area (Å²) in [6.45, 7) is 4.70. The van der Waals surface area contributed by atoms with Crippen LogP contribution in [0.1, 0.15) is 59.8 Å². The summed E-state index contributed by atoms with van der Waals surface area (Å²) >= 11 is 1.42. The van der Waals surface area contributed by atoms with Gasteiger partial charge in [-0.25, -0.2) is 4.98 Å². The Morgan fingerprint density at radius 3 is 2.62 bits per heavy atom. The second-order valence-electron chi connectivity index (χ2n) is 7.30. The van der Waals surface area contributed by atoms with Gasteiger partial charge in [0.1, 0.15) is 11.1 Å². The first-order chi connectivity index (χ1) is 12.5. The number of benzene rings is 1. The van der Waals surface area contributed by atoms with E-state index in [1.807, 2.05) is 24.5 Å². The maximum atomic E-state index is 12.9. The molecular weight excluding hydrogens is 342 g/mol. The zero-order valence-electron chi connectivity index (χ0n) is 15.4. The normalized spacial score (nSPS) is 13.9. The number of carbonyl (C=O) groups excluding carboxylic acids is 1. The molecule has 26 heavy (non-hydrogen) atoms. The molecule has 0 spiro atoms. The van der Waals surface area contributed by atoms with Gasteiger partial charge in [0.2, 0.25) is 0 Å². The predicted molar refractivity (Wildman–Crippen MR) is 105 cm³/mol. The third kappa shape index (κ3) is 3.91. The third-order valence-electron chi connectivity index (χ3n) is 4.80. The minimum Gasteiger partial charge on any atom is -0.351 e. The standard InChI is InChI=1S/C21H23N3OS/c1-21(2,15-7-5-4-6-8-15)13-23-19(25)16-11-18(14-9-10-14)24-20(26-3)17(16)12-22/h4-8,11,14H,9-10,13H2,1-3H3,(H,23,25). The fourth-order valence-corrected chi connectivity index (χ4v) is 3.51. The largest absolute Gasteiger partial charge is 0.351 e. The quantitative estimate of drug-likeness (QED) is 0.777. The smallest absolute Gasteiger partial charge is 0.252 e. The minimum absolute atomic E-state index is 0.196. The molecule has 0 aliphatic heterocycles. The van der Waals surface area contributed by atoms with Gasteiger partial charge in [-0.15, -0.1) is 11.8 Å². The number of nitriles is 1. The van der Waals surface area contributed by atoms with Crippen LogP contribution >= 0.6 is 11.8 Å². The first-order valence-corrected chi connectivity index (χ1v) is 10.0. The molecule has 0 unspecified atom stereocenters. The first-order valence-electron chi connectivity index (χ1n) is 8.79. The van der Waals surface area contributed by atoms with Gasteiger partial charge in [-0.1, -0.05) is 44.2 Å². The second-order valence-corrected chi connectivity index (χ2v) is 8.09. The summed E-state index contributed by atoms with van der Waals surface area (Å²) in [6.07, 6.45) is 4.10. The van der Waals surface area contributed by atoms with E-state index in [1.165, 1.54) is 17.3 Å². The fourth-order valence-electron chi connectivity index (χ4n) is 2.95. The van der Waals surface area contributed by atoms with Crippen LogP contribution in [0.15, 0.2) is 41.4 Å². The molecule has 4 nitrogen and oxygen atoms in total. The maximum Gasteiger partial charge on any atom is 0.252 e. The van der Waals surface area contributed by atoms with Crippen LogP contribution in [0, 0.1) is 11.3 Å². The molecule has 1 aliphatic rings. The maximum absolute atomic E-state index is 12.9. The highest BCUT2D eigenvalue weighted by Crippen LogP contribution is 2.40. The second kappa shape index (κ2) is 7.51. The fraction of sp³-hybridized carbons (Fsp3) is 0.381. The molecule has 1 N–H and O–H groups in total. The molecule has 1 saturated carbocycles. The molecule has 1 aliphatic carbocycles. The Labute approximate surface area is 159 Å².